The number of aromatic nitrogens is 1. The summed E-state index contributed by atoms with van der Waals surface area (Å²) in [5.41, 5.74) is 3.42. The van der Waals surface area contributed by atoms with Crippen LogP contribution in [0.1, 0.15) is 13.3 Å². The summed E-state index contributed by atoms with van der Waals surface area (Å²) in [5.74, 6) is 0.00834. The maximum Gasteiger partial charge on any atom is 0.253 e. The van der Waals surface area contributed by atoms with Gasteiger partial charge >= 0.3 is 0 Å². The largest absolute Gasteiger partial charge is 0.272 e. The van der Waals surface area contributed by atoms with E-state index in [1.165, 1.54) is 5.01 Å². The molecule has 1 aliphatic heterocycles. The Morgan fingerprint density at radius 1 is 0.952 bits per heavy atom. The first-order valence-corrected chi connectivity index (χ1v) is 6.88. The minimum Gasteiger partial charge on any atom is -0.272 e. The van der Waals surface area contributed by atoms with Gasteiger partial charge in [-0.3, -0.25) is 4.79 Å². The SMILES string of the molecule is CC1=NN(c2c3ccccc3nc3ccccc23)C(=O)C1. The number of fused-ring (bicyclic) bond motifs is 2. The Hall–Kier alpha value is -2.75. The number of hydrogen-bond donors (Lipinski definition) is 0. The summed E-state index contributed by atoms with van der Waals surface area (Å²) in [6, 6.07) is 15.7. The molecule has 3 aromatic rings. The Morgan fingerprint density at radius 3 is 2.05 bits per heavy atom. The quantitative estimate of drug-likeness (QED) is 0.638. The lowest BCUT2D eigenvalue weighted by Gasteiger charge is -2.17. The number of rotatable bonds is 1. The summed E-state index contributed by atoms with van der Waals surface area (Å²) in [4.78, 5) is 16.9. The molecule has 0 N–H and O–H groups in total. The van der Waals surface area contributed by atoms with Gasteiger partial charge < -0.3 is 0 Å². The van der Waals surface area contributed by atoms with Crippen LogP contribution in [0.5, 0.6) is 0 Å². The molecule has 0 unspecified atom stereocenters. The average Bonchev–Trinajstić information content (AvgIpc) is 2.83. The first-order chi connectivity index (χ1) is 10.2. The highest BCUT2D eigenvalue weighted by atomic mass is 16.2. The number of anilines is 1. The van der Waals surface area contributed by atoms with Crippen molar-refractivity contribution in [2.45, 2.75) is 13.3 Å². The number of hydrazone groups is 1. The molecule has 4 rings (SSSR count). The third kappa shape index (κ3) is 1.80. The van der Waals surface area contributed by atoms with Crippen molar-refractivity contribution in [3.8, 4) is 0 Å². The fourth-order valence-electron chi connectivity index (χ4n) is 2.78. The average molecular weight is 275 g/mol. The van der Waals surface area contributed by atoms with Gasteiger partial charge in [0.1, 0.15) is 0 Å². The number of carbonyl (C=O) groups is 1. The van der Waals surface area contributed by atoms with Crippen molar-refractivity contribution in [2.75, 3.05) is 5.01 Å². The molecule has 4 nitrogen and oxygen atoms in total. The molecule has 0 fully saturated rings. The molecule has 0 aliphatic carbocycles. The number of amides is 1. The van der Waals surface area contributed by atoms with Crippen LogP contribution in [0.15, 0.2) is 53.6 Å². The van der Waals surface area contributed by atoms with Crippen LogP contribution >= 0.6 is 0 Å². The zero-order valence-corrected chi connectivity index (χ0v) is 11.6. The Bertz CT molecular complexity index is 860. The van der Waals surface area contributed by atoms with Crippen molar-refractivity contribution in [3.05, 3.63) is 48.5 Å². The second-order valence-corrected chi connectivity index (χ2v) is 5.21. The molecule has 21 heavy (non-hydrogen) atoms. The maximum absolute atomic E-state index is 12.3. The second kappa shape index (κ2) is 4.38. The number of para-hydroxylation sites is 2. The number of carbonyl (C=O) groups excluding carboxylic acids is 1. The molecule has 1 aliphatic rings. The van der Waals surface area contributed by atoms with Gasteiger partial charge in [0.15, 0.2) is 0 Å². The molecule has 1 aromatic heterocycles. The van der Waals surface area contributed by atoms with Gasteiger partial charge in [0.05, 0.1) is 23.1 Å². The lowest BCUT2D eigenvalue weighted by Crippen LogP contribution is -2.20. The fraction of sp³-hybridized carbons (Fsp3) is 0.118. The number of pyridine rings is 1. The van der Waals surface area contributed by atoms with E-state index in [2.05, 4.69) is 10.1 Å². The van der Waals surface area contributed by atoms with Crippen molar-refractivity contribution in [1.29, 1.82) is 0 Å². The first kappa shape index (κ1) is 12.0. The van der Waals surface area contributed by atoms with E-state index in [-0.39, 0.29) is 5.91 Å². The van der Waals surface area contributed by atoms with Crippen LogP contribution in [-0.4, -0.2) is 16.6 Å². The fourth-order valence-corrected chi connectivity index (χ4v) is 2.78. The zero-order chi connectivity index (χ0) is 14.4. The summed E-state index contributed by atoms with van der Waals surface area (Å²) in [5, 5.41) is 7.84. The summed E-state index contributed by atoms with van der Waals surface area (Å²) in [6.45, 7) is 1.88. The minimum absolute atomic E-state index is 0.00834. The molecule has 0 atom stereocenters. The molecular weight excluding hydrogens is 262 g/mol. The van der Waals surface area contributed by atoms with Crippen LogP contribution in [0, 0.1) is 0 Å². The van der Waals surface area contributed by atoms with Crippen LogP contribution < -0.4 is 5.01 Å². The Kier molecular flexibility index (Phi) is 2.51. The second-order valence-electron chi connectivity index (χ2n) is 5.21. The van der Waals surface area contributed by atoms with Crippen molar-refractivity contribution in [3.63, 3.8) is 0 Å². The van der Waals surface area contributed by atoms with Gasteiger partial charge in [-0.2, -0.15) is 10.1 Å². The lowest BCUT2D eigenvalue weighted by molar-refractivity contribution is -0.116. The first-order valence-electron chi connectivity index (χ1n) is 6.88. The van der Waals surface area contributed by atoms with E-state index >= 15 is 0 Å². The molecule has 0 saturated carbocycles. The van der Waals surface area contributed by atoms with Crippen LogP contribution in [0.25, 0.3) is 21.8 Å². The van der Waals surface area contributed by atoms with E-state index in [9.17, 15) is 4.79 Å². The minimum atomic E-state index is 0.00834. The van der Waals surface area contributed by atoms with Crippen LogP contribution in [0.3, 0.4) is 0 Å². The maximum atomic E-state index is 12.3. The van der Waals surface area contributed by atoms with Gasteiger partial charge in [0, 0.05) is 16.5 Å². The molecule has 1 amide bonds. The molecular formula is C17H13N3O. The van der Waals surface area contributed by atoms with Crippen LogP contribution in [-0.2, 0) is 4.79 Å². The third-order valence-corrected chi connectivity index (χ3v) is 3.69. The molecule has 0 radical (unpaired) electrons. The van der Waals surface area contributed by atoms with Gasteiger partial charge in [-0.25, -0.2) is 4.98 Å². The van der Waals surface area contributed by atoms with Gasteiger partial charge in [0.25, 0.3) is 5.91 Å². The topological polar surface area (TPSA) is 45.6 Å². The summed E-state index contributed by atoms with van der Waals surface area (Å²) < 4.78 is 0. The normalized spacial score (nSPS) is 15.0. The Balaban J connectivity index is 2.15. The van der Waals surface area contributed by atoms with Crippen LogP contribution in [0.2, 0.25) is 0 Å². The Morgan fingerprint density at radius 2 is 1.52 bits per heavy atom. The van der Waals surface area contributed by atoms with E-state index in [4.69, 9.17) is 0 Å². The molecule has 2 aromatic carbocycles. The summed E-state index contributed by atoms with van der Waals surface area (Å²) in [6.07, 6.45) is 0.380. The number of nitrogens with zero attached hydrogens (tertiary/aromatic N) is 3. The predicted molar refractivity (Wildman–Crippen MR) is 84.5 cm³/mol. The summed E-state index contributed by atoms with van der Waals surface area (Å²) in [7, 11) is 0. The van der Waals surface area contributed by atoms with E-state index < -0.39 is 0 Å². The Labute approximate surface area is 121 Å². The van der Waals surface area contributed by atoms with Gasteiger partial charge in [-0.05, 0) is 19.1 Å². The third-order valence-electron chi connectivity index (χ3n) is 3.69. The molecule has 4 heteroatoms. The van der Waals surface area contributed by atoms with E-state index in [1.54, 1.807) is 0 Å². The highest BCUT2D eigenvalue weighted by molar-refractivity contribution is 6.19. The number of benzene rings is 2. The molecule has 0 bridgehead atoms. The van der Waals surface area contributed by atoms with Crippen molar-refractivity contribution < 1.29 is 4.79 Å². The molecule has 102 valence electrons. The van der Waals surface area contributed by atoms with Gasteiger partial charge in [-0.1, -0.05) is 36.4 Å². The predicted octanol–water partition coefficient (Wildman–Crippen LogP) is 3.50. The standard InChI is InChI=1S/C17H13N3O/c1-11-10-16(21)20(19-11)17-12-6-2-4-8-14(12)18-15-9-5-3-7-13(15)17/h2-9H,10H2,1H3. The highest BCUT2D eigenvalue weighted by Crippen LogP contribution is 2.35. The van der Waals surface area contributed by atoms with Crippen molar-refractivity contribution in [2.24, 2.45) is 5.10 Å². The highest BCUT2D eigenvalue weighted by Gasteiger charge is 2.26. The van der Waals surface area contributed by atoms with Crippen molar-refractivity contribution >= 4 is 39.1 Å². The van der Waals surface area contributed by atoms with E-state index in [1.807, 2.05) is 55.5 Å². The molecule has 2 heterocycles. The van der Waals surface area contributed by atoms with Gasteiger partial charge in [-0.15, -0.1) is 0 Å². The lowest BCUT2D eigenvalue weighted by atomic mass is 10.1. The monoisotopic (exact) mass is 275 g/mol. The molecule has 0 saturated heterocycles. The smallest absolute Gasteiger partial charge is 0.253 e. The molecule has 0 spiro atoms. The van der Waals surface area contributed by atoms with E-state index in [0.29, 0.717) is 6.42 Å². The van der Waals surface area contributed by atoms with Crippen LogP contribution in [0.4, 0.5) is 5.69 Å². The number of hydrogen-bond acceptors (Lipinski definition) is 3. The van der Waals surface area contributed by atoms with Crippen molar-refractivity contribution in [1.82, 2.24) is 4.98 Å². The summed E-state index contributed by atoms with van der Waals surface area (Å²) >= 11 is 0. The van der Waals surface area contributed by atoms with Gasteiger partial charge in [0.2, 0.25) is 0 Å². The zero-order valence-electron chi connectivity index (χ0n) is 11.6. The van der Waals surface area contributed by atoms with E-state index in [0.717, 1.165) is 33.2 Å².